The third-order valence-electron chi connectivity index (χ3n) is 6.77. The number of piperazine rings is 1. The van der Waals surface area contributed by atoms with Crippen LogP contribution in [0, 0.1) is 24.7 Å². The number of carbonyl (C=O) groups is 2. The average Bonchev–Trinajstić information content (AvgIpc) is 3.18. The minimum absolute atomic E-state index is 0.0353. The molecule has 0 aromatic heterocycles. The maximum atomic E-state index is 12.7. The number of aliphatic imine (C=N–C) groups is 1. The molecule has 1 amide bonds. The zero-order valence-electron chi connectivity index (χ0n) is 17.3. The third-order valence-corrected chi connectivity index (χ3v) is 7.18. The van der Waals surface area contributed by atoms with Gasteiger partial charge in [0.2, 0.25) is 5.91 Å². The molecule has 7 nitrogen and oxygen atoms in total. The Morgan fingerprint density at radius 3 is 2.63 bits per heavy atom. The molecule has 30 heavy (non-hydrogen) atoms. The Morgan fingerprint density at radius 1 is 1.27 bits per heavy atom. The molecule has 2 aliphatic carbocycles. The summed E-state index contributed by atoms with van der Waals surface area (Å²) >= 11 is 6.24. The Morgan fingerprint density at radius 2 is 1.97 bits per heavy atom. The van der Waals surface area contributed by atoms with Crippen LogP contribution in [0.1, 0.15) is 18.9 Å². The summed E-state index contributed by atoms with van der Waals surface area (Å²) in [5.74, 6) is -0.116. The summed E-state index contributed by atoms with van der Waals surface area (Å²) in [6, 6.07) is 5.88. The Hall–Kier alpha value is -2.54. The number of rotatable bonds is 4. The molecule has 2 saturated carbocycles. The van der Waals surface area contributed by atoms with E-state index in [4.69, 9.17) is 17.3 Å². The van der Waals surface area contributed by atoms with Crippen LogP contribution in [0.15, 0.2) is 34.5 Å². The van der Waals surface area contributed by atoms with Gasteiger partial charge in [0.05, 0.1) is 0 Å². The molecule has 1 saturated heterocycles. The lowest BCUT2D eigenvalue weighted by molar-refractivity contribution is -0.133. The lowest BCUT2D eigenvalue weighted by Gasteiger charge is -2.36. The van der Waals surface area contributed by atoms with E-state index >= 15 is 0 Å². The number of anilines is 1. The van der Waals surface area contributed by atoms with Gasteiger partial charge in [0.25, 0.3) is 0 Å². The second-order valence-electron chi connectivity index (χ2n) is 8.40. The van der Waals surface area contributed by atoms with Gasteiger partial charge in [0.1, 0.15) is 12.2 Å². The van der Waals surface area contributed by atoms with Crippen LogP contribution in [0.25, 0.3) is 0 Å². The highest BCUT2D eigenvalue weighted by atomic mass is 35.5. The molecular weight excluding hydrogens is 404 g/mol. The van der Waals surface area contributed by atoms with Crippen LogP contribution in [-0.4, -0.2) is 60.3 Å². The van der Waals surface area contributed by atoms with E-state index in [0.717, 1.165) is 29.4 Å². The fourth-order valence-corrected chi connectivity index (χ4v) is 5.03. The molecule has 160 valence electrons. The van der Waals surface area contributed by atoms with Crippen molar-refractivity contribution < 1.29 is 14.7 Å². The highest BCUT2D eigenvalue weighted by Gasteiger charge is 2.56. The molecule has 3 fully saturated rings. The number of nitrogens with two attached hydrogens (primary N) is 1. The molecule has 1 aliphatic heterocycles. The van der Waals surface area contributed by atoms with E-state index in [1.54, 1.807) is 0 Å². The fourth-order valence-electron chi connectivity index (χ4n) is 4.86. The van der Waals surface area contributed by atoms with E-state index in [-0.39, 0.29) is 24.1 Å². The maximum Gasteiger partial charge on any atom is 0.352 e. The molecule has 3 aliphatic rings. The molecule has 0 spiro atoms. The van der Waals surface area contributed by atoms with Gasteiger partial charge in [-0.1, -0.05) is 24.6 Å². The van der Waals surface area contributed by atoms with Gasteiger partial charge in [-0.3, -0.25) is 9.79 Å². The van der Waals surface area contributed by atoms with Crippen LogP contribution in [0.4, 0.5) is 5.69 Å². The van der Waals surface area contributed by atoms with Crippen molar-refractivity contribution in [1.29, 1.82) is 0 Å². The van der Waals surface area contributed by atoms with Crippen LogP contribution in [0.2, 0.25) is 5.02 Å². The molecule has 0 radical (unpaired) electrons. The van der Waals surface area contributed by atoms with Crippen LogP contribution >= 0.6 is 11.6 Å². The van der Waals surface area contributed by atoms with E-state index in [1.807, 2.05) is 24.0 Å². The van der Waals surface area contributed by atoms with Crippen LogP contribution in [0.3, 0.4) is 0 Å². The normalized spacial score (nSPS) is 28.5. The number of nitrogens with zero attached hydrogens (tertiary/aromatic N) is 3. The molecule has 1 aromatic rings. The van der Waals surface area contributed by atoms with Crippen molar-refractivity contribution in [3.8, 4) is 0 Å². The molecule has 8 heteroatoms. The number of carboxylic acids is 1. The topological polar surface area (TPSA) is 99.2 Å². The van der Waals surface area contributed by atoms with Gasteiger partial charge in [-0.15, -0.1) is 0 Å². The zero-order valence-corrected chi connectivity index (χ0v) is 18.0. The van der Waals surface area contributed by atoms with Crippen molar-refractivity contribution in [2.75, 3.05) is 37.6 Å². The molecule has 3 atom stereocenters. The Kier molecular flexibility index (Phi) is 5.49. The summed E-state index contributed by atoms with van der Waals surface area (Å²) in [6.07, 6.45) is 0.713. The monoisotopic (exact) mass is 430 g/mol. The van der Waals surface area contributed by atoms with Crippen molar-refractivity contribution in [2.45, 2.75) is 20.3 Å². The zero-order chi connectivity index (χ0) is 21.6. The van der Waals surface area contributed by atoms with Gasteiger partial charge in [-0.05, 0) is 48.8 Å². The Labute approximate surface area is 181 Å². The van der Waals surface area contributed by atoms with Gasteiger partial charge in [0.15, 0.2) is 0 Å². The number of fused-ring (bicyclic) bond motifs is 1. The first kappa shape index (κ1) is 20.7. The molecule has 3 N–H and O–H groups in total. The molecule has 1 heterocycles. The number of benzene rings is 1. The van der Waals surface area contributed by atoms with Crippen LogP contribution < -0.4 is 10.6 Å². The van der Waals surface area contributed by atoms with Gasteiger partial charge >= 0.3 is 5.97 Å². The summed E-state index contributed by atoms with van der Waals surface area (Å²) in [6.45, 7) is 6.87. The number of hydrogen-bond acceptors (Lipinski definition) is 5. The predicted octanol–water partition coefficient (Wildman–Crippen LogP) is 2.32. The molecule has 4 rings (SSSR count). The summed E-state index contributed by atoms with van der Waals surface area (Å²) in [5.41, 5.74) is 9.20. The number of carboxylic acid groups (broad SMARTS) is 1. The lowest BCUT2D eigenvalue weighted by Crippen LogP contribution is -2.49. The number of aliphatic carboxylic acids is 1. The van der Waals surface area contributed by atoms with Crippen molar-refractivity contribution in [1.82, 2.24) is 4.90 Å². The highest BCUT2D eigenvalue weighted by molar-refractivity contribution is 6.31. The van der Waals surface area contributed by atoms with E-state index in [2.05, 4.69) is 22.9 Å². The minimum Gasteiger partial charge on any atom is -0.477 e. The van der Waals surface area contributed by atoms with E-state index in [0.29, 0.717) is 42.6 Å². The second-order valence-corrected chi connectivity index (χ2v) is 8.81. The van der Waals surface area contributed by atoms with Gasteiger partial charge in [0, 0.05) is 48.2 Å². The van der Waals surface area contributed by atoms with Crippen molar-refractivity contribution in [3.05, 3.63) is 40.1 Å². The van der Waals surface area contributed by atoms with E-state index in [1.165, 1.54) is 0 Å². The average molecular weight is 431 g/mol. The minimum atomic E-state index is -1.11. The first-order valence-corrected chi connectivity index (χ1v) is 10.7. The quantitative estimate of drug-likeness (QED) is 0.714. The van der Waals surface area contributed by atoms with Crippen LogP contribution in [0.5, 0.6) is 0 Å². The Balaban J connectivity index is 1.38. The maximum absolute atomic E-state index is 12.7. The van der Waals surface area contributed by atoms with E-state index < -0.39 is 5.97 Å². The standard InChI is InChI=1S/C22H27ClN4O3/c1-12-14-10-16(20(19(12)14)21(24)22(29)30)25-11-18(28)27-8-6-26(7-9-27)17-5-3-4-15(23)13(17)2/h3-5,12,14,19H,6-11,24H2,1-2H3,(H,29,30)/b21-20+,25-16?. The number of hydrogen-bond donors (Lipinski definition) is 2. The lowest BCUT2D eigenvalue weighted by atomic mass is 10.0. The SMILES string of the molecule is Cc1c(Cl)cccc1N1CCN(C(=O)CN=C2CC3C(C)C3/C2=C(/N)C(=O)O)CC1. The predicted molar refractivity (Wildman–Crippen MR) is 117 cm³/mol. The first-order valence-electron chi connectivity index (χ1n) is 10.3. The molecular formula is C22H27ClN4O3. The fraction of sp³-hybridized carbons (Fsp3) is 0.500. The van der Waals surface area contributed by atoms with Crippen molar-refractivity contribution in [2.24, 2.45) is 28.5 Å². The number of carbonyl (C=O) groups excluding carboxylic acids is 1. The summed E-state index contributed by atoms with van der Waals surface area (Å²) in [4.78, 5) is 32.6. The smallest absolute Gasteiger partial charge is 0.352 e. The first-order chi connectivity index (χ1) is 14.3. The van der Waals surface area contributed by atoms with Gasteiger partial charge in [-0.25, -0.2) is 4.79 Å². The Bertz CT molecular complexity index is 950. The molecule has 3 unspecified atom stereocenters. The number of allylic oxidation sites excluding steroid dienone is 1. The summed E-state index contributed by atoms with van der Waals surface area (Å²) in [5, 5.41) is 10.0. The van der Waals surface area contributed by atoms with Crippen LogP contribution in [-0.2, 0) is 9.59 Å². The van der Waals surface area contributed by atoms with E-state index in [9.17, 15) is 14.7 Å². The molecule has 0 bridgehead atoms. The largest absolute Gasteiger partial charge is 0.477 e. The van der Waals surface area contributed by atoms with Crippen molar-refractivity contribution >= 4 is 34.9 Å². The summed E-state index contributed by atoms with van der Waals surface area (Å²) < 4.78 is 0. The van der Waals surface area contributed by atoms with Gasteiger partial charge < -0.3 is 20.6 Å². The molecule has 1 aromatic carbocycles. The highest BCUT2D eigenvalue weighted by Crippen LogP contribution is 2.59. The number of halogens is 1. The van der Waals surface area contributed by atoms with Crippen molar-refractivity contribution in [3.63, 3.8) is 0 Å². The number of amides is 1. The second kappa shape index (κ2) is 7.95. The third kappa shape index (κ3) is 3.67. The summed E-state index contributed by atoms with van der Waals surface area (Å²) in [7, 11) is 0. The van der Waals surface area contributed by atoms with Gasteiger partial charge in [-0.2, -0.15) is 0 Å².